The van der Waals surface area contributed by atoms with Crippen molar-refractivity contribution >= 4 is 15.9 Å². The van der Waals surface area contributed by atoms with Gasteiger partial charge in [0.05, 0.1) is 4.11 Å². The van der Waals surface area contributed by atoms with Gasteiger partial charge < -0.3 is 0 Å². The Bertz CT molecular complexity index is 353. The van der Waals surface area contributed by atoms with Crippen LogP contribution in [0.25, 0.3) is 0 Å². The number of nitrogens with zero attached hydrogens (tertiary/aromatic N) is 1. The number of hydrogen-bond donors (Lipinski definition) is 0. The molecule has 0 spiro atoms. The Morgan fingerprint density at radius 2 is 2.50 bits per heavy atom. The van der Waals surface area contributed by atoms with E-state index in [1.807, 2.05) is 0 Å². The minimum atomic E-state index is -4.06. The van der Waals surface area contributed by atoms with Gasteiger partial charge in [0.2, 0.25) is 0 Å². The average Bonchev–Trinajstić information content (AvgIpc) is 1.98. The molecular formula is C6H4BrF2N. The first kappa shape index (κ1) is 3.76. The van der Waals surface area contributed by atoms with Gasteiger partial charge in [0.15, 0.2) is 0 Å². The standard InChI is InChI=1S/C6H4BrF2N/c7-5-3-4(6(8)9)1-2-10-5/h1-3,6H/i1D,2D,3D,6D. The highest BCUT2D eigenvalue weighted by atomic mass is 79.9. The Morgan fingerprint density at radius 3 is 3.10 bits per heavy atom. The number of rotatable bonds is 1. The fourth-order valence-corrected chi connectivity index (χ4v) is 0.677. The number of hydrogen-bond acceptors (Lipinski definition) is 1. The third-order valence-electron chi connectivity index (χ3n) is 0.752. The Morgan fingerprint density at radius 1 is 1.80 bits per heavy atom. The smallest absolute Gasteiger partial charge is 0.249 e. The van der Waals surface area contributed by atoms with Crippen molar-refractivity contribution in [3.05, 3.63) is 28.4 Å². The van der Waals surface area contributed by atoms with Crippen LogP contribution in [0.4, 0.5) is 8.78 Å². The van der Waals surface area contributed by atoms with Gasteiger partial charge in [-0.2, -0.15) is 0 Å². The lowest BCUT2D eigenvalue weighted by Gasteiger charge is -1.96. The van der Waals surface area contributed by atoms with E-state index in [1.165, 1.54) is 0 Å². The monoisotopic (exact) mass is 211 g/mol. The van der Waals surface area contributed by atoms with Crippen LogP contribution in [0.5, 0.6) is 0 Å². The maximum Gasteiger partial charge on any atom is 0.263 e. The molecule has 0 aliphatic rings. The first-order chi connectivity index (χ1) is 6.25. The van der Waals surface area contributed by atoms with E-state index in [0.717, 1.165) is 0 Å². The molecule has 0 radical (unpaired) electrons. The molecule has 0 unspecified atom stereocenters. The average molecular weight is 212 g/mol. The van der Waals surface area contributed by atoms with Gasteiger partial charge in [-0.3, -0.25) is 0 Å². The predicted molar refractivity (Wildman–Crippen MR) is 36.9 cm³/mol. The number of alkyl halides is 2. The van der Waals surface area contributed by atoms with Crippen molar-refractivity contribution in [2.24, 2.45) is 0 Å². The fourth-order valence-electron chi connectivity index (χ4n) is 0.390. The highest BCUT2D eigenvalue weighted by Crippen LogP contribution is 2.19. The Kier molecular flexibility index (Phi) is 1.15. The fraction of sp³-hybridized carbons (Fsp3) is 0.167. The van der Waals surface area contributed by atoms with E-state index in [4.69, 9.17) is 5.48 Å². The van der Waals surface area contributed by atoms with Crippen LogP contribution >= 0.6 is 15.9 Å². The van der Waals surface area contributed by atoms with Gasteiger partial charge in [0.1, 0.15) is 5.97 Å². The molecule has 0 aliphatic heterocycles. The second-order valence-corrected chi connectivity index (χ2v) is 2.15. The third-order valence-corrected chi connectivity index (χ3v) is 1.13. The summed E-state index contributed by atoms with van der Waals surface area (Å²) in [5, 5.41) is 0. The zero-order valence-corrected chi connectivity index (χ0v) is 6.17. The molecular weight excluding hydrogens is 204 g/mol. The van der Waals surface area contributed by atoms with E-state index < -0.39 is 30.2 Å². The van der Waals surface area contributed by atoms with Gasteiger partial charge in [-0.1, -0.05) is 0 Å². The van der Waals surface area contributed by atoms with E-state index in [2.05, 4.69) is 20.9 Å². The summed E-state index contributed by atoms with van der Waals surface area (Å²) in [7, 11) is 0. The molecule has 0 bridgehead atoms. The van der Waals surface area contributed by atoms with Gasteiger partial charge in [0.25, 0.3) is 6.40 Å². The normalized spacial score (nSPS) is 17.1. The molecule has 0 atom stereocenters. The van der Waals surface area contributed by atoms with Crippen LogP contribution in [0.2, 0.25) is 0 Å². The summed E-state index contributed by atoms with van der Waals surface area (Å²) in [5.41, 5.74) is -1.11. The SMILES string of the molecule is [2H]c1nc(Br)c([2H])c(C([2H])(F)F)c1[2H]. The number of pyridine rings is 1. The Labute approximate surface area is 70.8 Å². The maximum absolute atomic E-state index is 12.6. The van der Waals surface area contributed by atoms with E-state index in [0.29, 0.717) is 0 Å². The van der Waals surface area contributed by atoms with Crippen LogP contribution in [0.1, 0.15) is 17.4 Å². The maximum atomic E-state index is 12.6. The summed E-state index contributed by atoms with van der Waals surface area (Å²) in [6, 6.07) is -1.62. The van der Waals surface area contributed by atoms with Gasteiger partial charge in [-0.05, 0) is 28.0 Å². The predicted octanol–water partition coefficient (Wildman–Crippen LogP) is 2.78. The molecule has 0 N–H and O–H groups in total. The minimum absolute atomic E-state index is 0.263. The molecule has 1 aromatic heterocycles. The van der Waals surface area contributed by atoms with Gasteiger partial charge in [0, 0.05) is 11.7 Å². The van der Waals surface area contributed by atoms with Crippen LogP contribution in [-0.4, -0.2) is 4.98 Å². The molecule has 1 rings (SSSR count). The molecule has 1 aromatic rings. The highest BCUT2D eigenvalue weighted by molar-refractivity contribution is 9.10. The van der Waals surface area contributed by atoms with Gasteiger partial charge >= 0.3 is 0 Å². The first-order valence-electron chi connectivity index (χ1n) is 4.26. The zero-order chi connectivity index (χ0) is 11.1. The minimum Gasteiger partial charge on any atom is -0.249 e. The molecule has 54 valence electrons. The van der Waals surface area contributed by atoms with Crippen molar-refractivity contribution < 1.29 is 14.3 Å². The topological polar surface area (TPSA) is 12.9 Å². The summed E-state index contributed by atoms with van der Waals surface area (Å²) in [6.45, 7) is 0. The molecule has 0 fully saturated rings. The number of aromatic nitrogens is 1. The molecule has 0 saturated heterocycles. The van der Waals surface area contributed by atoms with Crippen LogP contribution < -0.4 is 0 Å². The second kappa shape index (κ2) is 3.05. The molecule has 4 heteroatoms. The Hall–Kier alpha value is -0.510. The molecule has 0 aromatic carbocycles. The highest BCUT2D eigenvalue weighted by Gasteiger charge is 2.05. The van der Waals surface area contributed by atoms with Crippen LogP contribution in [0.3, 0.4) is 0 Å². The van der Waals surface area contributed by atoms with E-state index >= 15 is 0 Å². The summed E-state index contributed by atoms with van der Waals surface area (Å²) in [5.74, 6) is 0. The van der Waals surface area contributed by atoms with E-state index in [-0.39, 0.29) is 4.60 Å². The van der Waals surface area contributed by atoms with Gasteiger partial charge in [-0.25, -0.2) is 13.8 Å². The van der Waals surface area contributed by atoms with Crippen LogP contribution in [0.15, 0.2) is 22.9 Å². The third kappa shape index (κ3) is 1.73. The van der Waals surface area contributed by atoms with E-state index in [9.17, 15) is 8.78 Å². The van der Waals surface area contributed by atoms with Crippen molar-refractivity contribution in [2.75, 3.05) is 0 Å². The quantitative estimate of drug-likeness (QED) is 0.652. The zero-order valence-electron chi connectivity index (χ0n) is 8.58. The van der Waals surface area contributed by atoms with Gasteiger partial charge in [-0.15, -0.1) is 0 Å². The van der Waals surface area contributed by atoms with E-state index in [1.54, 1.807) is 0 Å². The van der Waals surface area contributed by atoms with Crippen LogP contribution in [-0.2, 0) is 0 Å². The largest absolute Gasteiger partial charge is 0.263 e. The lowest BCUT2D eigenvalue weighted by atomic mass is 10.3. The summed E-state index contributed by atoms with van der Waals surface area (Å²) < 4.78 is 52.8. The van der Waals surface area contributed by atoms with Crippen molar-refractivity contribution in [3.63, 3.8) is 0 Å². The summed E-state index contributed by atoms with van der Waals surface area (Å²) >= 11 is 2.70. The number of halogens is 3. The summed E-state index contributed by atoms with van der Waals surface area (Å²) in [6.07, 6.45) is -4.75. The first-order valence-corrected chi connectivity index (χ1v) is 3.06. The molecule has 10 heavy (non-hydrogen) atoms. The summed E-state index contributed by atoms with van der Waals surface area (Å²) in [4.78, 5) is 3.34. The van der Waals surface area contributed by atoms with Crippen molar-refractivity contribution in [2.45, 2.75) is 6.40 Å². The molecule has 1 heterocycles. The molecule has 0 aliphatic carbocycles. The Balaban J connectivity index is 3.56. The van der Waals surface area contributed by atoms with Crippen molar-refractivity contribution in [1.29, 1.82) is 0 Å². The molecule has 1 nitrogen and oxygen atoms in total. The van der Waals surface area contributed by atoms with Crippen molar-refractivity contribution in [1.82, 2.24) is 4.98 Å². The van der Waals surface area contributed by atoms with Crippen molar-refractivity contribution in [3.8, 4) is 0 Å². The van der Waals surface area contributed by atoms with Crippen LogP contribution in [0, 0.1) is 0 Å². The second-order valence-electron chi connectivity index (χ2n) is 1.40. The lowest BCUT2D eigenvalue weighted by Crippen LogP contribution is -1.84. The lowest BCUT2D eigenvalue weighted by molar-refractivity contribution is 0.151. The molecule has 0 saturated carbocycles. The molecule has 0 amide bonds.